The predicted molar refractivity (Wildman–Crippen MR) is 110 cm³/mol. The van der Waals surface area contributed by atoms with Crippen LogP contribution in [0.1, 0.15) is 38.4 Å². The maximum Gasteiger partial charge on any atom is 0.274 e. The summed E-state index contributed by atoms with van der Waals surface area (Å²) < 4.78 is 0. The van der Waals surface area contributed by atoms with Crippen molar-refractivity contribution >= 4 is 23.2 Å². The van der Waals surface area contributed by atoms with Gasteiger partial charge in [0, 0.05) is 11.4 Å². The molecule has 0 radical (unpaired) electrons. The van der Waals surface area contributed by atoms with Crippen molar-refractivity contribution in [1.29, 1.82) is 5.26 Å². The van der Waals surface area contributed by atoms with Gasteiger partial charge in [0.25, 0.3) is 5.91 Å². The van der Waals surface area contributed by atoms with Crippen molar-refractivity contribution in [3.8, 4) is 6.07 Å². The van der Waals surface area contributed by atoms with E-state index in [1.54, 1.807) is 30.3 Å². The smallest absolute Gasteiger partial charge is 0.274 e. The number of amides is 1. The van der Waals surface area contributed by atoms with Crippen LogP contribution >= 0.6 is 0 Å². The third-order valence-corrected chi connectivity index (χ3v) is 4.30. The Hall–Kier alpha value is -3.72. The molecule has 0 spiro atoms. The van der Waals surface area contributed by atoms with E-state index in [-0.39, 0.29) is 5.69 Å². The molecule has 2 N–H and O–H groups in total. The molecule has 3 rings (SSSR count). The zero-order valence-corrected chi connectivity index (χ0v) is 16.3. The largest absolute Gasteiger partial charge is 0.324 e. The van der Waals surface area contributed by atoms with Gasteiger partial charge in [-0.1, -0.05) is 29.8 Å². The number of rotatable bonds is 4. The Kier molecular flexibility index (Phi) is 5.37. The van der Waals surface area contributed by atoms with Crippen LogP contribution in [0.4, 0.5) is 17.3 Å². The first-order valence-electron chi connectivity index (χ1n) is 8.88. The van der Waals surface area contributed by atoms with Crippen LogP contribution < -0.4 is 10.6 Å². The number of hydrogen-bond acceptors (Lipinski definition) is 5. The highest BCUT2D eigenvalue weighted by Crippen LogP contribution is 2.25. The molecule has 0 aliphatic carbocycles. The summed E-state index contributed by atoms with van der Waals surface area (Å²) >= 11 is 0. The zero-order valence-electron chi connectivity index (χ0n) is 16.3. The quantitative estimate of drug-likeness (QED) is 0.700. The normalized spacial score (nSPS) is 10.2. The summed E-state index contributed by atoms with van der Waals surface area (Å²) in [5.74, 6) is -0.0395. The molecular weight excluding hydrogens is 350 g/mol. The number of benzene rings is 2. The topological polar surface area (TPSA) is 90.7 Å². The van der Waals surface area contributed by atoms with Crippen LogP contribution in [0.5, 0.6) is 0 Å². The van der Waals surface area contributed by atoms with Crippen molar-refractivity contribution in [2.24, 2.45) is 0 Å². The molecule has 0 saturated heterocycles. The second-order valence-corrected chi connectivity index (χ2v) is 6.73. The van der Waals surface area contributed by atoms with Crippen molar-refractivity contribution in [3.05, 3.63) is 76.1 Å². The van der Waals surface area contributed by atoms with Crippen LogP contribution in [0.25, 0.3) is 0 Å². The highest BCUT2D eigenvalue weighted by molar-refractivity contribution is 6.03. The van der Waals surface area contributed by atoms with E-state index in [1.165, 1.54) is 5.56 Å². The Balaban J connectivity index is 1.90. The Morgan fingerprint density at radius 3 is 2.36 bits per heavy atom. The van der Waals surface area contributed by atoms with Crippen LogP contribution in [-0.4, -0.2) is 15.9 Å². The lowest BCUT2D eigenvalue weighted by Gasteiger charge is -2.14. The van der Waals surface area contributed by atoms with Gasteiger partial charge in [-0.3, -0.25) is 4.79 Å². The van der Waals surface area contributed by atoms with Crippen molar-refractivity contribution in [2.45, 2.75) is 27.7 Å². The van der Waals surface area contributed by atoms with E-state index in [0.717, 1.165) is 16.8 Å². The molecular formula is C22H21N5O. The number of nitrogens with one attached hydrogen (secondary N) is 2. The molecule has 140 valence electrons. The maximum atomic E-state index is 12.7. The second-order valence-electron chi connectivity index (χ2n) is 6.73. The summed E-state index contributed by atoms with van der Waals surface area (Å²) in [7, 11) is 0. The molecule has 2 aromatic carbocycles. The lowest BCUT2D eigenvalue weighted by molar-refractivity contribution is 0.102. The van der Waals surface area contributed by atoms with Crippen LogP contribution in [0, 0.1) is 39.0 Å². The van der Waals surface area contributed by atoms with Crippen molar-refractivity contribution in [3.63, 3.8) is 0 Å². The van der Waals surface area contributed by atoms with Crippen molar-refractivity contribution in [1.82, 2.24) is 9.97 Å². The van der Waals surface area contributed by atoms with Crippen LogP contribution in [0.2, 0.25) is 0 Å². The molecule has 0 aliphatic heterocycles. The first-order chi connectivity index (χ1) is 13.4. The Morgan fingerprint density at radius 2 is 1.68 bits per heavy atom. The number of carbonyl (C=O) groups excluding carboxylic acids is 1. The number of aryl methyl sites for hydroxylation is 4. The molecule has 1 amide bonds. The molecule has 28 heavy (non-hydrogen) atoms. The monoisotopic (exact) mass is 371 g/mol. The molecule has 0 fully saturated rings. The van der Waals surface area contributed by atoms with Gasteiger partial charge in [0.15, 0.2) is 0 Å². The summed E-state index contributed by atoms with van der Waals surface area (Å²) in [5, 5.41) is 15.2. The Labute approximate surface area is 164 Å². The van der Waals surface area contributed by atoms with Gasteiger partial charge in [0.1, 0.15) is 11.8 Å². The molecule has 0 atom stereocenters. The third kappa shape index (κ3) is 4.15. The van der Waals surface area contributed by atoms with Gasteiger partial charge in [0.05, 0.1) is 11.3 Å². The fraction of sp³-hybridized carbons (Fsp3) is 0.182. The van der Waals surface area contributed by atoms with Crippen molar-refractivity contribution < 1.29 is 4.79 Å². The summed E-state index contributed by atoms with van der Waals surface area (Å²) in [4.78, 5) is 21.4. The lowest BCUT2D eigenvalue weighted by Crippen LogP contribution is -2.16. The van der Waals surface area contributed by atoms with E-state index < -0.39 is 5.91 Å². The highest BCUT2D eigenvalue weighted by Gasteiger charge is 2.14. The fourth-order valence-corrected chi connectivity index (χ4v) is 3.11. The van der Waals surface area contributed by atoms with Crippen LogP contribution in [0.3, 0.4) is 0 Å². The molecule has 3 aromatic rings. The molecule has 1 aromatic heterocycles. The Morgan fingerprint density at radius 1 is 1.00 bits per heavy atom. The maximum absolute atomic E-state index is 12.7. The summed E-state index contributed by atoms with van der Waals surface area (Å²) in [5.41, 5.74) is 6.01. The van der Waals surface area contributed by atoms with E-state index in [2.05, 4.69) is 45.7 Å². The SMILES string of the molecule is Cc1cc(C)c(Nc2nc(C)cc(C(=O)Nc3ccccc3C#N)n2)c(C)c1. The van der Waals surface area contributed by atoms with Crippen LogP contribution in [0.15, 0.2) is 42.5 Å². The molecule has 6 heteroatoms. The van der Waals surface area contributed by atoms with Gasteiger partial charge >= 0.3 is 0 Å². The van der Waals surface area contributed by atoms with Gasteiger partial charge in [-0.05, 0) is 57.0 Å². The zero-order chi connectivity index (χ0) is 20.3. The van der Waals surface area contributed by atoms with E-state index in [9.17, 15) is 10.1 Å². The molecule has 0 bridgehead atoms. The van der Waals surface area contributed by atoms with Gasteiger partial charge in [0.2, 0.25) is 5.95 Å². The standard InChI is InChI=1S/C22H21N5O/c1-13-9-14(2)20(15(3)10-13)27-22-24-16(4)11-19(26-22)21(28)25-18-8-6-5-7-17(18)12-23/h5-11H,1-4H3,(H,25,28)(H,24,26,27). The van der Waals surface area contributed by atoms with Gasteiger partial charge in [-0.2, -0.15) is 5.26 Å². The molecule has 0 saturated carbocycles. The molecule has 0 unspecified atom stereocenters. The third-order valence-electron chi connectivity index (χ3n) is 4.30. The number of carbonyl (C=O) groups is 1. The number of anilines is 3. The van der Waals surface area contributed by atoms with Gasteiger partial charge in [-0.15, -0.1) is 0 Å². The first kappa shape index (κ1) is 19.1. The second kappa shape index (κ2) is 7.89. The van der Waals surface area contributed by atoms with E-state index in [1.807, 2.05) is 20.8 Å². The minimum atomic E-state index is -0.395. The molecule has 1 heterocycles. The Bertz CT molecular complexity index is 1080. The highest BCUT2D eigenvalue weighted by atomic mass is 16.1. The van der Waals surface area contributed by atoms with Gasteiger partial charge < -0.3 is 10.6 Å². The minimum Gasteiger partial charge on any atom is -0.324 e. The van der Waals surface area contributed by atoms with E-state index in [4.69, 9.17) is 0 Å². The van der Waals surface area contributed by atoms with Crippen molar-refractivity contribution in [2.75, 3.05) is 10.6 Å². The summed E-state index contributed by atoms with van der Waals surface area (Å²) in [6.45, 7) is 7.89. The molecule has 0 aliphatic rings. The average Bonchev–Trinajstić information content (AvgIpc) is 2.64. The lowest BCUT2D eigenvalue weighted by atomic mass is 10.1. The first-order valence-corrected chi connectivity index (χ1v) is 8.88. The number of nitriles is 1. The number of para-hydroxylation sites is 1. The number of hydrogen-bond donors (Lipinski definition) is 2. The minimum absolute atomic E-state index is 0.227. The number of nitrogens with zero attached hydrogens (tertiary/aromatic N) is 3. The van der Waals surface area contributed by atoms with E-state index in [0.29, 0.717) is 22.9 Å². The average molecular weight is 371 g/mol. The molecule has 6 nitrogen and oxygen atoms in total. The summed E-state index contributed by atoms with van der Waals surface area (Å²) in [6, 6.07) is 14.7. The van der Waals surface area contributed by atoms with E-state index >= 15 is 0 Å². The number of aromatic nitrogens is 2. The van der Waals surface area contributed by atoms with Gasteiger partial charge in [-0.25, -0.2) is 9.97 Å². The predicted octanol–water partition coefficient (Wildman–Crippen LogP) is 4.58. The fourth-order valence-electron chi connectivity index (χ4n) is 3.11. The summed E-state index contributed by atoms with van der Waals surface area (Å²) in [6.07, 6.45) is 0. The van der Waals surface area contributed by atoms with Crippen LogP contribution in [-0.2, 0) is 0 Å².